The topological polar surface area (TPSA) is 46.4 Å². The largest absolute Gasteiger partial charge is 0.355 e. The van der Waals surface area contributed by atoms with Crippen LogP contribution in [0.3, 0.4) is 0 Å². The molecule has 120 valence electrons. The van der Waals surface area contributed by atoms with Gasteiger partial charge in [0.15, 0.2) is 4.96 Å². The number of imidazole rings is 1. The second kappa shape index (κ2) is 5.42. The van der Waals surface area contributed by atoms with Crippen LogP contribution in [0.25, 0.3) is 26.4 Å². The second-order valence-corrected chi connectivity index (χ2v) is 6.63. The van der Waals surface area contributed by atoms with Crippen molar-refractivity contribution in [2.75, 3.05) is 7.05 Å². The third-order valence-electron chi connectivity index (χ3n) is 3.98. The van der Waals surface area contributed by atoms with E-state index in [0.29, 0.717) is 16.8 Å². The van der Waals surface area contributed by atoms with Gasteiger partial charge >= 0.3 is 0 Å². The quantitative estimate of drug-likeness (QED) is 0.599. The maximum absolute atomic E-state index is 14.4. The summed E-state index contributed by atoms with van der Waals surface area (Å²) >= 11 is 1.57. The van der Waals surface area contributed by atoms with Crippen molar-refractivity contribution in [3.05, 3.63) is 59.5 Å². The molecule has 2 aromatic heterocycles. The number of fused-ring (bicyclic) bond motifs is 3. The Morgan fingerprint density at radius 1 is 1.25 bits per heavy atom. The lowest BCUT2D eigenvalue weighted by Crippen LogP contribution is -2.17. The van der Waals surface area contributed by atoms with Crippen molar-refractivity contribution in [2.45, 2.75) is 6.92 Å². The van der Waals surface area contributed by atoms with E-state index in [9.17, 15) is 9.18 Å². The summed E-state index contributed by atoms with van der Waals surface area (Å²) in [7, 11) is 1.52. The molecule has 1 amide bonds. The van der Waals surface area contributed by atoms with Crippen LogP contribution in [0.2, 0.25) is 0 Å². The Morgan fingerprint density at radius 3 is 2.83 bits per heavy atom. The third kappa shape index (κ3) is 2.27. The molecule has 1 N–H and O–H groups in total. The fourth-order valence-electron chi connectivity index (χ4n) is 2.75. The minimum Gasteiger partial charge on any atom is -0.355 e. The summed E-state index contributed by atoms with van der Waals surface area (Å²) in [5, 5.41) is 2.49. The first-order valence-corrected chi connectivity index (χ1v) is 8.29. The van der Waals surface area contributed by atoms with Crippen LogP contribution in [0.15, 0.2) is 42.6 Å². The number of carbonyl (C=O) groups excluding carboxylic acids is 1. The Hall–Kier alpha value is -2.73. The fraction of sp³-hybridized carbons (Fsp3) is 0.111. The average Bonchev–Trinajstić information content (AvgIpc) is 3.10. The highest BCUT2D eigenvalue weighted by molar-refractivity contribution is 7.23. The zero-order valence-electron chi connectivity index (χ0n) is 13.1. The van der Waals surface area contributed by atoms with Crippen molar-refractivity contribution in [1.82, 2.24) is 14.7 Å². The molecule has 2 aromatic carbocycles. The molecule has 0 fully saturated rings. The maximum Gasteiger partial charge on any atom is 0.251 e. The van der Waals surface area contributed by atoms with Crippen LogP contribution in [-0.2, 0) is 0 Å². The highest BCUT2D eigenvalue weighted by atomic mass is 32.1. The Balaban J connectivity index is 1.83. The highest BCUT2D eigenvalue weighted by Gasteiger charge is 2.15. The molecule has 4 rings (SSSR count). The Morgan fingerprint density at radius 2 is 2.08 bits per heavy atom. The van der Waals surface area contributed by atoms with Crippen molar-refractivity contribution < 1.29 is 9.18 Å². The lowest BCUT2D eigenvalue weighted by molar-refractivity contribution is 0.0962. The number of aromatic nitrogens is 2. The van der Waals surface area contributed by atoms with E-state index in [-0.39, 0.29) is 5.91 Å². The van der Waals surface area contributed by atoms with E-state index in [0.717, 1.165) is 15.2 Å². The number of aryl methyl sites for hydroxylation is 1. The van der Waals surface area contributed by atoms with Gasteiger partial charge < -0.3 is 5.32 Å². The normalized spacial score (nSPS) is 11.3. The van der Waals surface area contributed by atoms with Gasteiger partial charge in [-0.15, -0.1) is 0 Å². The molecule has 2 heterocycles. The summed E-state index contributed by atoms with van der Waals surface area (Å²) in [6, 6.07) is 10.7. The summed E-state index contributed by atoms with van der Waals surface area (Å²) in [6.07, 6.45) is 1.83. The molecular formula is C18H14FN3OS. The SMILES string of the molecule is CNC(=O)c1ccc(-c2cn3c(n2)sc2cc(C)ccc23)c(F)c1. The van der Waals surface area contributed by atoms with Crippen molar-refractivity contribution >= 4 is 32.4 Å². The second-order valence-electron chi connectivity index (χ2n) is 5.63. The van der Waals surface area contributed by atoms with Gasteiger partial charge in [-0.1, -0.05) is 17.4 Å². The standard InChI is InChI=1S/C18H14FN3OS/c1-10-3-6-15-16(7-10)24-18-21-14(9-22(15)18)12-5-4-11(8-13(12)19)17(23)20-2/h3-9H,1-2H3,(H,20,23). The van der Waals surface area contributed by atoms with E-state index < -0.39 is 5.82 Å². The van der Waals surface area contributed by atoms with E-state index in [1.165, 1.54) is 18.7 Å². The van der Waals surface area contributed by atoms with Crippen LogP contribution in [0.5, 0.6) is 0 Å². The predicted molar refractivity (Wildman–Crippen MR) is 94.1 cm³/mol. The number of benzene rings is 2. The first-order valence-electron chi connectivity index (χ1n) is 7.47. The molecule has 0 bridgehead atoms. The molecule has 0 saturated heterocycles. The van der Waals surface area contributed by atoms with Gasteiger partial charge in [-0.3, -0.25) is 9.20 Å². The highest BCUT2D eigenvalue weighted by Crippen LogP contribution is 2.31. The third-order valence-corrected chi connectivity index (χ3v) is 5.00. The first kappa shape index (κ1) is 14.8. The minimum absolute atomic E-state index is 0.292. The smallest absolute Gasteiger partial charge is 0.251 e. The van der Waals surface area contributed by atoms with E-state index >= 15 is 0 Å². The van der Waals surface area contributed by atoms with Crippen LogP contribution in [0, 0.1) is 12.7 Å². The van der Waals surface area contributed by atoms with Crippen LogP contribution >= 0.6 is 11.3 Å². The Bertz CT molecular complexity index is 1100. The molecule has 0 spiro atoms. The Labute approximate surface area is 141 Å². The summed E-state index contributed by atoms with van der Waals surface area (Å²) in [6.45, 7) is 2.05. The number of rotatable bonds is 2. The monoisotopic (exact) mass is 339 g/mol. The molecular weight excluding hydrogens is 325 g/mol. The van der Waals surface area contributed by atoms with Gasteiger partial charge in [0.1, 0.15) is 5.82 Å². The van der Waals surface area contributed by atoms with Gasteiger partial charge in [0, 0.05) is 24.4 Å². The molecule has 0 unspecified atom stereocenters. The van der Waals surface area contributed by atoms with Crippen LogP contribution in [-0.4, -0.2) is 22.3 Å². The van der Waals surface area contributed by atoms with E-state index in [1.807, 2.05) is 22.7 Å². The average molecular weight is 339 g/mol. The molecule has 6 heteroatoms. The molecule has 0 aliphatic heterocycles. The summed E-state index contributed by atoms with van der Waals surface area (Å²) < 4.78 is 17.5. The Kier molecular flexibility index (Phi) is 3.35. The lowest BCUT2D eigenvalue weighted by atomic mass is 10.1. The summed E-state index contributed by atoms with van der Waals surface area (Å²) in [5.41, 5.74) is 3.49. The molecule has 0 atom stereocenters. The van der Waals surface area contributed by atoms with Crippen molar-refractivity contribution in [1.29, 1.82) is 0 Å². The van der Waals surface area contributed by atoms with Gasteiger partial charge in [0.25, 0.3) is 5.91 Å². The zero-order valence-corrected chi connectivity index (χ0v) is 13.9. The van der Waals surface area contributed by atoms with Crippen molar-refractivity contribution in [3.8, 4) is 11.3 Å². The number of carbonyl (C=O) groups is 1. The number of halogens is 1. The number of nitrogens with zero attached hydrogens (tertiary/aromatic N) is 2. The molecule has 0 aliphatic rings. The molecule has 4 nitrogen and oxygen atoms in total. The van der Waals surface area contributed by atoms with E-state index in [1.54, 1.807) is 23.5 Å². The van der Waals surface area contributed by atoms with Crippen molar-refractivity contribution in [3.63, 3.8) is 0 Å². The van der Waals surface area contributed by atoms with Gasteiger partial charge in [-0.05, 0) is 42.8 Å². The number of thiazole rings is 1. The van der Waals surface area contributed by atoms with E-state index in [2.05, 4.69) is 23.3 Å². The summed E-state index contributed by atoms with van der Waals surface area (Å²) in [4.78, 5) is 17.0. The lowest BCUT2D eigenvalue weighted by Gasteiger charge is -2.03. The van der Waals surface area contributed by atoms with Gasteiger partial charge in [-0.2, -0.15) is 0 Å². The van der Waals surface area contributed by atoms with Gasteiger partial charge in [0.2, 0.25) is 0 Å². The van der Waals surface area contributed by atoms with Crippen molar-refractivity contribution in [2.24, 2.45) is 0 Å². The van der Waals surface area contributed by atoms with Crippen LogP contribution < -0.4 is 5.32 Å². The fourth-order valence-corrected chi connectivity index (χ4v) is 3.85. The van der Waals surface area contributed by atoms with E-state index in [4.69, 9.17) is 0 Å². The molecule has 0 saturated carbocycles. The molecule has 24 heavy (non-hydrogen) atoms. The molecule has 4 aromatic rings. The van der Waals surface area contributed by atoms with Crippen LogP contribution in [0.1, 0.15) is 15.9 Å². The molecule has 0 aliphatic carbocycles. The van der Waals surface area contributed by atoms with Crippen LogP contribution in [0.4, 0.5) is 4.39 Å². The van der Waals surface area contributed by atoms with Gasteiger partial charge in [-0.25, -0.2) is 9.37 Å². The number of nitrogens with one attached hydrogen (secondary N) is 1. The maximum atomic E-state index is 14.4. The summed E-state index contributed by atoms with van der Waals surface area (Å²) in [5.74, 6) is -0.769. The van der Waals surface area contributed by atoms with Gasteiger partial charge in [0.05, 0.1) is 15.9 Å². The zero-order chi connectivity index (χ0) is 16.8. The minimum atomic E-state index is -0.456. The number of amides is 1. The first-order chi connectivity index (χ1) is 11.6. The predicted octanol–water partition coefficient (Wildman–Crippen LogP) is 4.02. The molecule has 0 radical (unpaired) electrons. The number of hydrogen-bond donors (Lipinski definition) is 1. The number of hydrogen-bond acceptors (Lipinski definition) is 3.